The van der Waals surface area contributed by atoms with E-state index < -0.39 is 0 Å². The lowest BCUT2D eigenvalue weighted by molar-refractivity contribution is -0.122. The first-order chi connectivity index (χ1) is 6.26. The van der Waals surface area contributed by atoms with Crippen molar-refractivity contribution < 1.29 is 4.79 Å². The molecule has 2 unspecified atom stereocenters. The Morgan fingerprint density at radius 1 is 1.85 bits per heavy atom. The minimum absolute atomic E-state index is 0.139. The molecule has 0 aromatic heterocycles. The highest BCUT2D eigenvalue weighted by Gasteiger charge is 2.18. The first-order valence-electron chi connectivity index (χ1n) is 4.75. The number of amides is 1. The summed E-state index contributed by atoms with van der Waals surface area (Å²) in [5.74, 6) is 2.83. The molecule has 0 bridgehead atoms. The fourth-order valence-corrected chi connectivity index (χ4v) is 1.44. The number of carbonyl (C=O) groups is 1. The van der Waals surface area contributed by atoms with Gasteiger partial charge in [-0.1, -0.05) is 12.8 Å². The van der Waals surface area contributed by atoms with Gasteiger partial charge in [-0.25, -0.2) is 0 Å². The van der Waals surface area contributed by atoms with Gasteiger partial charge < -0.3 is 5.32 Å². The van der Waals surface area contributed by atoms with E-state index >= 15 is 0 Å². The van der Waals surface area contributed by atoms with Crippen LogP contribution in [0.25, 0.3) is 0 Å². The summed E-state index contributed by atoms with van der Waals surface area (Å²) in [6, 6.07) is 0.485. The number of hydrogen-bond donors (Lipinski definition) is 2. The van der Waals surface area contributed by atoms with Crippen molar-refractivity contribution in [1.29, 1.82) is 0 Å². The number of rotatable bonds is 3. The zero-order valence-corrected chi connectivity index (χ0v) is 7.97. The van der Waals surface area contributed by atoms with Crippen LogP contribution in [0.2, 0.25) is 0 Å². The van der Waals surface area contributed by atoms with Crippen molar-refractivity contribution in [1.82, 2.24) is 10.6 Å². The maximum atomic E-state index is 10.9. The molecule has 1 aliphatic rings. The summed E-state index contributed by atoms with van der Waals surface area (Å²) in [6.07, 6.45) is 7.76. The van der Waals surface area contributed by atoms with Crippen molar-refractivity contribution in [3.8, 4) is 12.3 Å². The van der Waals surface area contributed by atoms with Gasteiger partial charge in [-0.3, -0.25) is 10.1 Å². The molecule has 3 nitrogen and oxygen atoms in total. The van der Waals surface area contributed by atoms with Gasteiger partial charge >= 0.3 is 0 Å². The lowest BCUT2D eigenvalue weighted by Crippen LogP contribution is -2.48. The topological polar surface area (TPSA) is 41.1 Å². The van der Waals surface area contributed by atoms with E-state index in [0.29, 0.717) is 19.0 Å². The molecular formula is C10H16N2O. The predicted octanol–water partition coefficient (Wildman–Crippen LogP) is 0.266. The number of terminal acetylenes is 1. The van der Waals surface area contributed by atoms with Crippen LogP contribution in [-0.2, 0) is 4.79 Å². The van der Waals surface area contributed by atoms with Gasteiger partial charge in [0.2, 0.25) is 5.91 Å². The maximum absolute atomic E-state index is 10.9. The van der Waals surface area contributed by atoms with Crippen LogP contribution >= 0.6 is 0 Å². The number of piperidine rings is 1. The normalized spacial score (nSPS) is 24.6. The molecule has 0 aliphatic carbocycles. The van der Waals surface area contributed by atoms with Crippen LogP contribution in [0.5, 0.6) is 0 Å². The van der Waals surface area contributed by atoms with Gasteiger partial charge in [0.25, 0.3) is 0 Å². The second kappa shape index (κ2) is 4.88. The molecule has 1 aliphatic heterocycles. The Balaban J connectivity index is 2.30. The molecule has 0 aromatic carbocycles. The molecule has 3 heteroatoms. The molecule has 0 radical (unpaired) electrons. The molecule has 2 N–H and O–H groups in total. The Hall–Kier alpha value is -1.01. The second-order valence-electron chi connectivity index (χ2n) is 3.33. The van der Waals surface area contributed by atoms with E-state index in [1.54, 1.807) is 0 Å². The van der Waals surface area contributed by atoms with E-state index in [9.17, 15) is 4.79 Å². The highest BCUT2D eigenvalue weighted by Crippen LogP contribution is 2.04. The summed E-state index contributed by atoms with van der Waals surface area (Å²) < 4.78 is 0. The van der Waals surface area contributed by atoms with Gasteiger partial charge in [-0.05, 0) is 12.8 Å². The molecule has 0 aromatic rings. The fourth-order valence-electron chi connectivity index (χ4n) is 1.44. The zero-order valence-electron chi connectivity index (χ0n) is 7.97. The van der Waals surface area contributed by atoms with Crippen molar-refractivity contribution in [2.75, 3.05) is 6.54 Å². The van der Waals surface area contributed by atoms with E-state index in [-0.39, 0.29) is 11.9 Å². The third-order valence-electron chi connectivity index (χ3n) is 2.31. The fraction of sp³-hybridized carbons (Fsp3) is 0.700. The molecule has 2 atom stereocenters. The second-order valence-corrected chi connectivity index (χ2v) is 3.33. The third-order valence-corrected chi connectivity index (χ3v) is 2.31. The van der Waals surface area contributed by atoms with Gasteiger partial charge in [-0.2, -0.15) is 0 Å². The lowest BCUT2D eigenvalue weighted by atomic mass is 10.1. The van der Waals surface area contributed by atoms with Gasteiger partial charge in [-0.15, -0.1) is 6.42 Å². The summed E-state index contributed by atoms with van der Waals surface area (Å²) in [4.78, 5) is 10.9. The van der Waals surface area contributed by atoms with Crippen LogP contribution in [0.3, 0.4) is 0 Å². The van der Waals surface area contributed by atoms with E-state index in [0.717, 1.165) is 12.8 Å². The largest absolute Gasteiger partial charge is 0.355 e. The maximum Gasteiger partial charge on any atom is 0.220 e. The van der Waals surface area contributed by atoms with Crippen LogP contribution < -0.4 is 10.6 Å². The van der Waals surface area contributed by atoms with Crippen molar-refractivity contribution in [3.63, 3.8) is 0 Å². The highest BCUT2D eigenvalue weighted by molar-refractivity contribution is 5.76. The van der Waals surface area contributed by atoms with Crippen molar-refractivity contribution >= 4 is 5.91 Å². The zero-order chi connectivity index (χ0) is 9.68. The highest BCUT2D eigenvalue weighted by atomic mass is 16.1. The Labute approximate surface area is 79.3 Å². The quantitative estimate of drug-likeness (QED) is 0.612. The molecular weight excluding hydrogens is 164 g/mol. The molecule has 1 heterocycles. The summed E-state index contributed by atoms with van der Waals surface area (Å²) in [5.41, 5.74) is 0. The summed E-state index contributed by atoms with van der Waals surface area (Å²) >= 11 is 0. The van der Waals surface area contributed by atoms with Crippen LogP contribution in [-0.4, -0.2) is 24.5 Å². The van der Waals surface area contributed by atoms with E-state index in [1.807, 2.05) is 0 Å². The third kappa shape index (κ3) is 3.08. The van der Waals surface area contributed by atoms with E-state index in [2.05, 4.69) is 23.5 Å². The van der Waals surface area contributed by atoms with Crippen LogP contribution in [0.15, 0.2) is 0 Å². The van der Waals surface area contributed by atoms with Crippen molar-refractivity contribution in [2.24, 2.45) is 0 Å². The Kier molecular flexibility index (Phi) is 3.78. The Morgan fingerprint density at radius 3 is 3.08 bits per heavy atom. The smallest absolute Gasteiger partial charge is 0.220 e. The molecule has 1 saturated heterocycles. The van der Waals surface area contributed by atoms with Gasteiger partial charge in [0.1, 0.15) is 0 Å². The monoisotopic (exact) mass is 180 g/mol. The average Bonchev–Trinajstić information content (AvgIpc) is 2.17. The van der Waals surface area contributed by atoms with E-state index in [4.69, 9.17) is 6.42 Å². The van der Waals surface area contributed by atoms with Crippen LogP contribution in [0.4, 0.5) is 0 Å². The number of carbonyl (C=O) groups excluding carboxylic acids is 1. The van der Waals surface area contributed by atoms with Crippen molar-refractivity contribution in [2.45, 2.75) is 38.3 Å². The molecule has 0 spiro atoms. The molecule has 72 valence electrons. The molecule has 1 amide bonds. The minimum atomic E-state index is 0.139. The van der Waals surface area contributed by atoms with Crippen LogP contribution in [0, 0.1) is 12.3 Å². The minimum Gasteiger partial charge on any atom is -0.355 e. The Morgan fingerprint density at radius 2 is 2.62 bits per heavy atom. The summed E-state index contributed by atoms with van der Waals surface area (Å²) in [5, 5.41) is 6.14. The van der Waals surface area contributed by atoms with Gasteiger partial charge in [0.15, 0.2) is 0 Å². The summed E-state index contributed by atoms with van der Waals surface area (Å²) in [7, 11) is 0. The molecule has 13 heavy (non-hydrogen) atoms. The molecule has 0 saturated carbocycles. The van der Waals surface area contributed by atoms with Crippen LogP contribution in [0.1, 0.15) is 26.2 Å². The van der Waals surface area contributed by atoms with E-state index in [1.165, 1.54) is 0 Å². The van der Waals surface area contributed by atoms with Crippen molar-refractivity contribution in [3.05, 3.63) is 0 Å². The first-order valence-corrected chi connectivity index (χ1v) is 4.75. The number of hydrogen-bond acceptors (Lipinski definition) is 2. The van der Waals surface area contributed by atoms with Gasteiger partial charge in [0.05, 0.1) is 6.04 Å². The average molecular weight is 180 g/mol. The lowest BCUT2D eigenvalue weighted by Gasteiger charge is -2.25. The Bertz CT molecular complexity index is 209. The summed E-state index contributed by atoms with van der Waals surface area (Å²) in [6.45, 7) is 2.76. The molecule has 1 fully saturated rings. The SMILES string of the molecule is C#CC(CC)NC1CCC(=O)NC1. The van der Waals surface area contributed by atoms with Gasteiger partial charge in [0, 0.05) is 19.0 Å². The molecule has 1 rings (SSSR count). The standard InChI is InChI=1S/C10H16N2O/c1-3-8(4-2)12-9-5-6-10(13)11-7-9/h1,8-9,12H,4-7H2,2H3,(H,11,13). The first kappa shape index (κ1) is 10.1. The predicted molar refractivity (Wildman–Crippen MR) is 52.1 cm³/mol. The number of nitrogens with one attached hydrogen (secondary N) is 2.